The smallest absolute Gasteiger partial charge is 0.328 e. The van der Waals surface area contributed by atoms with Gasteiger partial charge in [0.05, 0.1) is 6.10 Å². The van der Waals surface area contributed by atoms with Gasteiger partial charge in [-0.05, 0) is 68.7 Å². The topological polar surface area (TPSA) is 77.8 Å². The molecule has 0 spiro atoms. The summed E-state index contributed by atoms with van der Waals surface area (Å²) < 4.78 is 0. The van der Waals surface area contributed by atoms with Crippen LogP contribution in [0.15, 0.2) is 24.3 Å². The predicted molar refractivity (Wildman–Crippen MR) is 105 cm³/mol. The molecule has 0 radical (unpaired) electrons. The molecule has 6 heteroatoms. The molecule has 2 N–H and O–H groups in total. The fourth-order valence-electron chi connectivity index (χ4n) is 4.22. The Morgan fingerprint density at radius 3 is 2.67 bits per heavy atom. The summed E-state index contributed by atoms with van der Waals surface area (Å²) >= 11 is 6.37. The van der Waals surface area contributed by atoms with Crippen molar-refractivity contribution in [3.63, 3.8) is 0 Å². The number of likely N-dealkylation sites (tertiary alicyclic amines) is 1. The Morgan fingerprint density at radius 2 is 2.04 bits per heavy atom. The van der Waals surface area contributed by atoms with Gasteiger partial charge in [-0.1, -0.05) is 23.7 Å². The van der Waals surface area contributed by atoms with Crippen LogP contribution in [0.1, 0.15) is 50.2 Å². The minimum atomic E-state index is -1.00. The van der Waals surface area contributed by atoms with Crippen molar-refractivity contribution in [2.75, 3.05) is 6.54 Å². The Kier molecular flexibility index (Phi) is 5.92. The lowest BCUT2D eigenvalue weighted by Crippen LogP contribution is -2.50. The highest BCUT2D eigenvalue weighted by atomic mass is 35.5. The second-order valence-corrected chi connectivity index (χ2v) is 8.34. The van der Waals surface area contributed by atoms with Crippen LogP contribution in [0.4, 0.5) is 0 Å². The first-order chi connectivity index (χ1) is 12.8. The largest absolute Gasteiger partial charge is 0.478 e. The Labute approximate surface area is 164 Å². The van der Waals surface area contributed by atoms with Crippen molar-refractivity contribution in [2.45, 2.75) is 57.1 Å². The van der Waals surface area contributed by atoms with Gasteiger partial charge in [-0.15, -0.1) is 0 Å². The van der Waals surface area contributed by atoms with Crippen molar-refractivity contribution < 1.29 is 19.8 Å². The summed E-state index contributed by atoms with van der Waals surface area (Å²) in [5, 5.41) is 19.0. The van der Waals surface area contributed by atoms with Gasteiger partial charge in [0.2, 0.25) is 5.91 Å². The van der Waals surface area contributed by atoms with Crippen LogP contribution in [0.3, 0.4) is 0 Å². The zero-order valence-corrected chi connectivity index (χ0v) is 16.3. The summed E-state index contributed by atoms with van der Waals surface area (Å²) in [4.78, 5) is 25.6. The lowest BCUT2D eigenvalue weighted by molar-refractivity contribution is -0.138. The number of amides is 1. The molecule has 146 valence electrons. The van der Waals surface area contributed by atoms with Gasteiger partial charge in [-0.25, -0.2) is 4.79 Å². The number of benzene rings is 1. The summed E-state index contributed by atoms with van der Waals surface area (Å²) in [6.45, 7) is 2.89. The number of hydrogen-bond donors (Lipinski definition) is 2. The molecule has 1 saturated carbocycles. The molecular weight excluding hydrogens is 366 g/mol. The van der Waals surface area contributed by atoms with Crippen LogP contribution >= 0.6 is 11.6 Å². The van der Waals surface area contributed by atoms with Crippen LogP contribution in [-0.2, 0) is 16.0 Å². The van der Waals surface area contributed by atoms with E-state index in [0.717, 1.165) is 55.9 Å². The predicted octanol–water partition coefficient (Wildman–Crippen LogP) is 3.52. The average Bonchev–Trinajstić information content (AvgIpc) is 2.99. The molecule has 2 aliphatic rings. The zero-order valence-electron chi connectivity index (χ0n) is 15.5. The first kappa shape index (κ1) is 19.9. The van der Waals surface area contributed by atoms with Gasteiger partial charge in [-0.3, -0.25) is 4.79 Å². The maximum Gasteiger partial charge on any atom is 0.328 e. The lowest BCUT2D eigenvalue weighted by atomic mass is 9.80. The maximum atomic E-state index is 13.0. The molecule has 1 heterocycles. The third-order valence-corrected chi connectivity index (χ3v) is 6.31. The van der Waals surface area contributed by atoms with E-state index in [-0.39, 0.29) is 23.5 Å². The Bertz CT molecular complexity index is 753. The summed E-state index contributed by atoms with van der Waals surface area (Å²) in [6, 6.07) is 5.43. The first-order valence-corrected chi connectivity index (χ1v) is 9.85. The van der Waals surface area contributed by atoms with E-state index in [4.69, 9.17) is 16.7 Å². The number of halogens is 1. The van der Waals surface area contributed by atoms with E-state index in [1.165, 1.54) is 6.08 Å². The van der Waals surface area contributed by atoms with Crippen molar-refractivity contribution >= 4 is 29.6 Å². The molecule has 3 rings (SSSR count). The second kappa shape index (κ2) is 8.03. The van der Waals surface area contributed by atoms with Crippen LogP contribution in [0.2, 0.25) is 5.02 Å². The third kappa shape index (κ3) is 4.53. The highest BCUT2D eigenvalue weighted by molar-refractivity contribution is 6.31. The summed E-state index contributed by atoms with van der Waals surface area (Å²) in [5.74, 6) is -0.901. The van der Waals surface area contributed by atoms with Crippen molar-refractivity contribution in [2.24, 2.45) is 5.92 Å². The van der Waals surface area contributed by atoms with E-state index >= 15 is 0 Å². The first-order valence-electron chi connectivity index (χ1n) is 9.47. The molecular formula is C21H26ClNO4. The van der Waals surface area contributed by atoms with Crippen LogP contribution in [0.25, 0.3) is 6.08 Å². The van der Waals surface area contributed by atoms with Crippen molar-refractivity contribution in [3.05, 3.63) is 40.4 Å². The highest BCUT2D eigenvalue weighted by Crippen LogP contribution is 2.38. The van der Waals surface area contributed by atoms with Crippen molar-refractivity contribution in [1.29, 1.82) is 0 Å². The number of carbonyl (C=O) groups excluding carboxylic acids is 1. The number of aliphatic carboxylic acids is 1. The number of nitrogens with zero attached hydrogens (tertiary/aromatic N) is 1. The third-order valence-electron chi connectivity index (χ3n) is 5.96. The number of carbonyl (C=O) groups is 2. The minimum Gasteiger partial charge on any atom is -0.478 e. The van der Waals surface area contributed by atoms with E-state index in [1.807, 2.05) is 17.0 Å². The van der Waals surface area contributed by atoms with Gasteiger partial charge in [-0.2, -0.15) is 0 Å². The molecule has 2 fully saturated rings. The fraction of sp³-hybridized carbons (Fsp3) is 0.524. The molecule has 1 aromatic rings. The molecule has 5 nitrogen and oxygen atoms in total. The quantitative estimate of drug-likeness (QED) is 0.753. The van der Waals surface area contributed by atoms with E-state index in [0.29, 0.717) is 11.4 Å². The maximum absolute atomic E-state index is 13.0. The molecule has 1 saturated heterocycles. The Hall–Kier alpha value is -1.85. The van der Waals surface area contributed by atoms with Gasteiger partial charge in [0.15, 0.2) is 0 Å². The molecule has 1 atom stereocenters. The normalized spacial score (nSPS) is 28.9. The summed E-state index contributed by atoms with van der Waals surface area (Å²) in [5.41, 5.74) is 1.48. The number of carboxylic acid groups (broad SMARTS) is 1. The minimum absolute atomic E-state index is 0.0772. The van der Waals surface area contributed by atoms with Crippen molar-refractivity contribution in [3.8, 4) is 0 Å². The zero-order chi connectivity index (χ0) is 19.6. The fourth-order valence-corrected chi connectivity index (χ4v) is 4.49. The van der Waals surface area contributed by atoms with Gasteiger partial charge in [0.1, 0.15) is 0 Å². The van der Waals surface area contributed by atoms with Crippen LogP contribution < -0.4 is 0 Å². The van der Waals surface area contributed by atoms with Gasteiger partial charge in [0.25, 0.3) is 0 Å². The standard InChI is InChI=1S/C21H26ClNO4/c1-21(9-6-17(24)7-10-21)23-11-8-16(20(23)27)13-15-4-2-14(12-18(15)22)3-5-19(25)26/h2-5,12,16-17,24H,6-11,13H2,1H3,(H,25,26). The molecule has 0 bridgehead atoms. The summed E-state index contributed by atoms with van der Waals surface area (Å²) in [6.07, 6.45) is 6.94. The van der Waals surface area contributed by atoms with E-state index < -0.39 is 5.97 Å². The summed E-state index contributed by atoms with van der Waals surface area (Å²) in [7, 11) is 0. The Morgan fingerprint density at radius 1 is 1.33 bits per heavy atom. The van der Waals surface area contributed by atoms with Crippen LogP contribution in [-0.4, -0.2) is 45.2 Å². The monoisotopic (exact) mass is 391 g/mol. The van der Waals surface area contributed by atoms with Crippen molar-refractivity contribution in [1.82, 2.24) is 4.90 Å². The number of rotatable bonds is 5. The Balaban J connectivity index is 1.67. The van der Waals surface area contributed by atoms with E-state index in [9.17, 15) is 14.7 Å². The molecule has 1 aliphatic carbocycles. The molecule has 1 aromatic carbocycles. The highest BCUT2D eigenvalue weighted by Gasteiger charge is 2.44. The molecule has 1 aliphatic heterocycles. The molecule has 1 amide bonds. The van der Waals surface area contributed by atoms with Gasteiger partial charge in [0, 0.05) is 29.1 Å². The van der Waals surface area contributed by atoms with Crippen LogP contribution in [0.5, 0.6) is 0 Å². The molecule has 1 unspecified atom stereocenters. The molecule has 0 aromatic heterocycles. The van der Waals surface area contributed by atoms with Gasteiger partial charge < -0.3 is 15.1 Å². The van der Waals surface area contributed by atoms with Gasteiger partial charge >= 0.3 is 5.97 Å². The molecule has 27 heavy (non-hydrogen) atoms. The SMILES string of the molecule is CC1(N2CCC(Cc3ccc(C=CC(=O)O)cc3Cl)C2=O)CCC(O)CC1. The number of carboxylic acids is 1. The average molecular weight is 392 g/mol. The second-order valence-electron chi connectivity index (χ2n) is 7.93. The lowest BCUT2D eigenvalue weighted by Gasteiger charge is -2.43. The van der Waals surface area contributed by atoms with E-state index in [2.05, 4.69) is 6.92 Å². The number of aliphatic hydroxyl groups excluding tert-OH is 1. The van der Waals surface area contributed by atoms with Crippen LogP contribution in [0, 0.1) is 5.92 Å². The number of hydrogen-bond acceptors (Lipinski definition) is 3. The number of aliphatic hydroxyl groups is 1. The van der Waals surface area contributed by atoms with E-state index in [1.54, 1.807) is 6.07 Å².